The van der Waals surface area contributed by atoms with Crippen molar-refractivity contribution in [2.24, 2.45) is 5.92 Å². The van der Waals surface area contributed by atoms with Crippen molar-refractivity contribution in [1.82, 2.24) is 9.80 Å². The zero-order valence-electron chi connectivity index (χ0n) is 16.2. The smallest absolute Gasteiger partial charge is 0.312 e. The maximum Gasteiger partial charge on any atom is 0.312 e. The van der Waals surface area contributed by atoms with Crippen molar-refractivity contribution in [3.8, 4) is 0 Å². The lowest BCUT2D eigenvalue weighted by atomic mass is 9.90. The summed E-state index contributed by atoms with van der Waals surface area (Å²) in [6.45, 7) is 1.55. The van der Waals surface area contributed by atoms with Crippen LogP contribution in [0.15, 0.2) is 60.7 Å². The summed E-state index contributed by atoms with van der Waals surface area (Å²) in [6, 6.07) is 19.9. The molecule has 0 unspecified atom stereocenters. The highest BCUT2D eigenvalue weighted by Crippen LogP contribution is 2.22. The number of aliphatic hydroxyl groups excluding tert-OH is 1. The summed E-state index contributed by atoms with van der Waals surface area (Å²) >= 11 is 0. The first-order valence-corrected chi connectivity index (χ1v) is 9.94. The van der Waals surface area contributed by atoms with Crippen LogP contribution in [0.5, 0.6) is 0 Å². The van der Waals surface area contributed by atoms with E-state index in [0.717, 1.165) is 24.8 Å². The van der Waals surface area contributed by atoms with Crippen molar-refractivity contribution in [3.63, 3.8) is 0 Å². The topological polar surface area (TPSA) is 60.9 Å². The summed E-state index contributed by atoms with van der Waals surface area (Å²) in [5.74, 6) is -0.443. The Labute approximate surface area is 166 Å². The number of hydrogen-bond acceptors (Lipinski definition) is 3. The fourth-order valence-corrected chi connectivity index (χ4v) is 3.74. The summed E-state index contributed by atoms with van der Waals surface area (Å²) in [6.07, 6.45) is 2.83. The minimum atomic E-state index is -0.528. The molecular weight excluding hydrogens is 352 g/mol. The van der Waals surface area contributed by atoms with Gasteiger partial charge in [-0.2, -0.15) is 0 Å². The van der Waals surface area contributed by atoms with Crippen LogP contribution in [0.2, 0.25) is 0 Å². The number of amides is 2. The number of hydrogen-bond donors (Lipinski definition) is 1. The number of piperidine rings is 1. The summed E-state index contributed by atoms with van der Waals surface area (Å²) in [5, 5.41) is 9.31. The lowest BCUT2D eigenvalue weighted by molar-refractivity contribution is -0.153. The molecule has 1 aliphatic rings. The predicted octanol–water partition coefficient (Wildman–Crippen LogP) is 2.49. The Hall–Kier alpha value is -2.66. The van der Waals surface area contributed by atoms with Gasteiger partial charge in [0.1, 0.15) is 0 Å². The van der Waals surface area contributed by atoms with Gasteiger partial charge in [0.2, 0.25) is 0 Å². The highest BCUT2D eigenvalue weighted by molar-refractivity contribution is 6.34. The van der Waals surface area contributed by atoms with Crippen molar-refractivity contribution in [2.45, 2.75) is 25.8 Å². The normalized spacial score (nSPS) is 14.7. The van der Waals surface area contributed by atoms with E-state index in [0.29, 0.717) is 25.6 Å². The third-order valence-electron chi connectivity index (χ3n) is 5.33. The maximum absolute atomic E-state index is 12.7. The highest BCUT2D eigenvalue weighted by Gasteiger charge is 2.30. The molecule has 0 bridgehead atoms. The van der Waals surface area contributed by atoms with E-state index in [1.165, 1.54) is 10.5 Å². The third kappa shape index (κ3) is 5.42. The molecule has 0 radical (unpaired) electrons. The van der Waals surface area contributed by atoms with E-state index >= 15 is 0 Å². The molecule has 1 heterocycles. The van der Waals surface area contributed by atoms with Crippen LogP contribution < -0.4 is 0 Å². The molecule has 2 aromatic rings. The Morgan fingerprint density at radius 3 is 2.07 bits per heavy atom. The lowest BCUT2D eigenvalue weighted by Gasteiger charge is -2.33. The van der Waals surface area contributed by atoms with Crippen LogP contribution >= 0.6 is 0 Å². The summed E-state index contributed by atoms with van der Waals surface area (Å²) < 4.78 is 0. The highest BCUT2D eigenvalue weighted by atomic mass is 16.3. The minimum absolute atomic E-state index is 0.157. The first-order valence-electron chi connectivity index (χ1n) is 9.94. The van der Waals surface area contributed by atoms with Crippen molar-refractivity contribution >= 4 is 11.8 Å². The molecule has 148 valence electrons. The van der Waals surface area contributed by atoms with Crippen LogP contribution in [-0.2, 0) is 22.6 Å². The number of carbonyl (C=O) groups excluding carboxylic acids is 2. The fraction of sp³-hybridized carbons (Fsp3) is 0.391. The van der Waals surface area contributed by atoms with Gasteiger partial charge in [0, 0.05) is 26.2 Å². The van der Waals surface area contributed by atoms with Gasteiger partial charge in [0.05, 0.1) is 6.61 Å². The number of nitrogens with zero attached hydrogens (tertiary/aromatic N) is 2. The summed E-state index contributed by atoms with van der Waals surface area (Å²) in [5.41, 5.74) is 2.26. The van der Waals surface area contributed by atoms with E-state index in [4.69, 9.17) is 0 Å². The quantitative estimate of drug-likeness (QED) is 0.784. The summed E-state index contributed by atoms with van der Waals surface area (Å²) in [7, 11) is 0. The molecule has 2 aromatic carbocycles. The molecule has 0 spiro atoms. The Kier molecular flexibility index (Phi) is 7.20. The molecule has 0 aliphatic carbocycles. The van der Waals surface area contributed by atoms with Gasteiger partial charge >= 0.3 is 11.8 Å². The second-order valence-electron chi connectivity index (χ2n) is 7.36. The Morgan fingerprint density at radius 1 is 0.929 bits per heavy atom. The molecule has 0 atom stereocenters. The number of aliphatic hydroxyl groups is 1. The van der Waals surface area contributed by atoms with E-state index in [1.807, 2.05) is 36.4 Å². The third-order valence-corrected chi connectivity index (χ3v) is 5.33. The molecule has 1 fully saturated rings. The molecule has 5 heteroatoms. The van der Waals surface area contributed by atoms with Gasteiger partial charge in [-0.05, 0) is 36.3 Å². The predicted molar refractivity (Wildman–Crippen MR) is 108 cm³/mol. The minimum Gasteiger partial charge on any atom is -0.395 e. The number of carbonyl (C=O) groups is 2. The van der Waals surface area contributed by atoms with Gasteiger partial charge in [-0.25, -0.2) is 0 Å². The van der Waals surface area contributed by atoms with Crippen molar-refractivity contribution in [1.29, 1.82) is 0 Å². The van der Waals surface area contributed by atoms with Crippen molar-refractivity contribution < 1.29 is 14.7 Å². The number of rotatable bonds is 6. The van der Waals surface area contributed by atoms with Gasteiger partial charge in [0.25, 0.3) is 0 Å². The Morgan fingerprint density at radius 2 is 1.50 bits per heavy atom. The lowest BCUT2D eigenvalue weighted by Crippen LogP contribution is -2.48. The Bertz CT molecular complexity index is 756. The van der Waals surface area contributed by atoms with Crippen LogP contribution in [-0.4, -0.2) is 53.0 Å². The van der Waals surface area contributed by atoms with Crippen LogP contribution in [0.1, 0.15) is 24.0 Å². The molecule has 1 aliphatic heterocycles. The maximum atomic E-state index is 12.7. The van der Waals surface area contributed by atoms with E-state index in [-0.39, 0.29) is 13.2 Å². The fourth-order valence-electron chi connectivity index (χ4n) is 3.74. The van der Waals surface area contributed by atoms with Crippen LogP contribution in [0.4, 0.5) is 0 Å². The van der Waals surface area contributed by atoms with Gasteiger partial charge in [-0.15, -0.1) is 0 Å². The van der Waals surface area contributed by atoms with E-state index in [2.05, 4.69) is 24.3 Å². The van der Waals surface area contributed by atoms with Crippen LogP contribution in [0.25, 0.3) is 0 Å². The number of benzene rings is 2. The van der Waals surface area contributed by atoms with Crippen LogP contribution in [0, 0.1) is 5.92 Å². The first-order chi connectivity index (χ1) is 13.7. The molecule has 2 amide bonds. The van der Waals surface area contributed by atoms with Gasteiger partial charge in [0.15, 0.2) is 0 Å². The standard InChI is InChI=1S/C23H28N2O3/c26-16-15-25(18-21-9-5-2-6-10-21)23(28)22(27)24-13-11-20(12-14-24)17-19-7-3-1-4-8-19/h1-10,20,26H,11-18H2. The zero-order chi connectivity index (χ0) is 19.8. The molecule has 0 saturated carbocycles. The van der Waals surface area contributed by atoms with Crippen molar-refractivity contribution in [2.75, 3.05) is 26.2 Å². The average Bonchev–Trinajstić information content (AvgIpc) is 2.74. The first kappa shape index (κ1) is 20.1. The van der Waals surface area contributed by atoms with Crippen molar-refractivity contribution in [3.05, 3.63) is 71.8 Å². The molecular formula is C23H28N2O3. The van der Waals surface area contributed by atoms with E-state index in [1.54, 1.807) is 4.90 Å². The number of likely N-dealkylation sites (tertiary alicyclic amines) is 1. The van der Waals surface area contributed by atoms with Gasteiger partial charge in [-0.3, -0.25) is 9.59 Å². The van der Waals surface area contributed by atoms with E-state index < -0.39 is 11.8 Å². The largest absolute Gasteiger partial charge is 0.395 e. The second kappa shape index (κ2) is 10.0. The molecule has 28 heavy (non-hydrogen) atoms. The van der Waals surface area contributed by atoms with Gasteiger partial charge < -0.3 is 14.9 Å². The summed E-state index contributed by atoms with van der Waals surface area (Å²) in [4.78, 5) is 28.6. The van der Waals surface area contributed by atoms with E-state index in [9.17, 15) is 14.7 Å². The average molecular weight is 380 g/mol. The zero-order valence-corrected chi connectivity index (χ0v) is 16.2. The molecule has 0 aromatic heterocycles. The molecule has 3 rings (SSSR count). The van der Waals surface area contributed by atoms with Gasteiger partial charge in [-0.1, -0.05) is 60.7 Å². The molecule has 1 saturated heterocycles. The molecule has 1 N–H and O–H groups in total. The molecule has 5 nitrogen and oxygen atoms in total. The van der Waals surface area contributed by atoms with Crippen LogP contribution in [0.3, 0.4) is 0 Å². The Balaban J connectivity index is 1.54. The second-order valence-corrected chi connectivity index (χ2v) is 7.36. The SMILES string of the molecule is O=C(C(=O)N(CCO)Cc1ccccc1)N1CCC(Cc2ccccc2)CC1. The monoisotopic (exact) mass is 380 g/mol.